The largest absolute Gasteiger partial charge is 0.307 e. The molecule has 0 N–H and O–H groups in total. The van der Waals surface area contributed by atoms with E-state index in [1.54, 1.807) is 0 Å². The van der Waals surface area contributed by atoms with Crippen LogP contribution in [0.2, 0.25) is 0 Å². The molecule has 0 unspecified atom stereocenters. The van der Waals surface area contributed by atoms with Crippen LogP contribution in [0.4, 0.5) is 5.69 Å². The fourth-order valence-electron chi connectivity index (χ4n) is 3.55. The van der Waals surface area contributed by atoms with Gasteiger partial charge in [-0.05, 0) is 43.0 Å². The number of carbonyl (C=O) groups excluding carboxylic acids is 1. The van der Waals surface area contributed by atoms with Crippen molar-refractivity contribution in [2.45, 2.75) is 32.6 Å². The second-order valence-electron chi connectivity index (χ2n) is 6.27. The number of hydrogen-bond donors (Lipinski definition) is 0. The zero-order chi connectivity index (χ0) is 16.5. The van der Waals surface area contributed by atoms with Gasteiger partial charge in [0.15, 0.2) is 0 Å². The summed E-state index contributed by atoms with van der Waals surface area (Å²) in [5.74, 6) is 0.0595. The van der Waals surface area contributed by atoms with E-state index >= 15 is 0 Å². The minimum atomic E-state index is 0.0595. The standard InChI is InChI=1S/C20H21N3O/c1-2-8-16-19(23-13-6-5-12-18(23)21-16)20(24)22-14-7-10-15-9-3-4-11-17(15)22/h3-6,9,11-13H,2,7-8,10,14H2,1H3. The van der Waals surface area contributed by atoms with Crippen molar-refractivity contribution in [2.75, 3.05) is 11.4 Å². The molecule has 3 heterocycles. The Labute approximate surface area is 141 Å². The number of benzene rings is 1. The quantitative estimate of drug-likeness (QED) is 0.735. The number of aryl methyl sites for hydroxylation is 2. The number of fused-ring (bicyclic) bond motifs is 2. The van der Waals surface area contributed by atoms with E-state index in [1.165, 1.54) is 5.56 Å². The number of anilines is 1. The number of rotatable bonds is 3. The van der Waals surface area contributed by atoms with Gasteiger partial charge in [0, 0.05) is 18.4 Å². The molecule has 0 saturated carbocycles. The summed E-state index contributed by atoms with van der Waals surface area (Å²) < 4.78 is 1.94. The number of hydrogen-bond acceptors (Lipinski definition) is 2. The normalized spacial score (nSPS) is 14.0. The van der Waals surface area contributed by atoms with E-state index in [1.807, 2.05) is 45.8 Å². The van der Waals surface area contributed by atoms with E-state index in [4.69, 9.17) is 0 Å². The first kappa shape index (κ1) is 14.9. The second-order valence-corrected chi connectivity index (χ2v) is 6.27. The molecule has 122 valence electrons. The Balaban J connectivity index is 1.83. The van der Waals surface area contributed by atoms with Crippen LogP contribution in [-0.4, -0.2) is 21.8 Å². The number of para-hydroxylation sites is 1. The van der Waals surface area contributed by atoms with Gasteiger partial charge >= 0.3 is 0 Å². The zero-order valence-electron chi connectivity index (χ0n) is 13.9. The average molecular weight is 319 g/mol. The van der Waals surface area contributed by atoms with Crippen LogP contribution in [-0.2, 0) is 12.8 Å². The van der Waals surface area contributed by atoms with Gasteiger partial charge < -0.3 is 4.90 Å². The Morgan fingerprint density at radius 1 is 1.17 bits per heavy atom. The minimum Gasteiger partial charge on any atom is -0.307 e. The van der Waals surface area contributed by atoms with Crippen LogP contribution in [0.15, 0.2) is 48.7 Å². The molecule has 1 aromatic carbocycles. The summed E-state index contributed by atoms with van der Waals surface area (Å²) in [7, 11) is 0. The Bertz CT molecular complexity index is 897. The molecule has 4 rings (SSSR count). The van der Waals surface area contributed by atoms with Crippen LogP contribution in [0, 0.1) is 0 Å². The van der Waals surface area contributed by atoms with Crippen LogP contribution in [0.3, 0.4) is 0 Å². The van der Waals surface area contributed by atoms with Gasteiger partial charge in [0.2, 0.25) is 0 Å². The summed E-state index contributed by atoms with van der Waals surface area (Å²) in [5, 5.41) is 0. The third kappa shape index (κ3) is 2.39. The number of aromatic nitrogens is 2. The van der Waals surface area contributed by atoms with Crippen molar-refractivity contribution in [3.63, 3.8) is 0 Å². The van der Waals surface area contributed by atoms with Crippen LogP contribution >= 0.6 is 0 Å². The maximum absolute atomic E-state index is 13.4. The predicted octanol–water partition coefficient (Wildman–Crippen LogP) is 3.88. The minimum absolute atomic E-state index is 0.0595. The highest BCUT2D eigenvalue weighted by Gasteiger charge is 2.27. The third-order valence-electron chi connectivity index (χ3n) is 4.65. The molecule has 24 heavy (non-hydrogen) atoms. The van der Waals surface area contributed by atoms with Crippen LogP contribution in [0.25, 0.3) is 5.65 Å². The zero-order valence-corrected chi connectivity index (χ0v) is 13.9. The molecule has 3 aromatic rings. The van der Waals surface area contributed by atoms with Gasteiger partial charge in [-0.2, -0.15) is 0 Å². The van der Waals surface area contributed by atoms with Gasteiger partial charge in [-0.25, -0.2) is 4.98 Å². The van der Waals surface area contributed by atoms with Gasteiger partial charge in [-0.1, -0.05) is 37.6 Å². The summed E-state index contributed by atoms with van der Waals surface area (Å²) in [4.78, 5) is 20.0. The monoisotopic (exact) mass is 319 g/mol. The fraction of sp³-hybridized carbons (Fsp3) is 0.300. The molecule has 1 aliphatic rings. The first-order valence-electron chi connectivity index (χ1n) is 8.65. The molecule has 4 heteroatoms. The highest BCUT2D eigenvalue weighted by Crippen LogP contribution is 2.29. The summed E-state index contributed by atoms with van der Waals surface area (Å²) >= 11 is 0. The molecular weight excluding hydrogens is 298 g/mol. The Kier molecular flexibility index (Phi) is 3.81. The molecule has 4 nitrogen and oxygen atoms in total. The lowest BCUT2D eigenvalue weighted by molar-refractivity contribution is 0.0978. The van der Waals surface area contributed by atoms with Crippen molar-refractivity contribution >= 4 is 17.2 Å². The molecule has 0 atom stereocenters. The maximum atomic E-state index is 13.4. The van der Waals surface area contributed by atoms with E-state index in [0.29, 0.717) is 5.69 Å². The summed E-state index contributed by atoms with van der Waals surface area (Å²) in [6, 6.07) is 14.1. The van der Waals surface area contributed by atoms with E-state index in [2.05, 4.69) is 24.0 Å². The average Bonchev–Trinajstić information content (AvgIpc) is 2.99. The number of carbonyl (C=O) groups is 1. The molecule has 1 aliphatic heterocycles. The molecule has 0 radical (unpaired) electrons. The smallest absolute Gasteiger partial charge is 0.277 e. The highest BCUT2D eigenvalue weighted by molar-refractivity contribution is 6.07. The summed E-state index contributed by atoms with van der Waals surface area (Å²) in [5.41, 5.74) is 4.75. The number of pyridine rings is 1. The Morgan fingerprint density at radius 2 is 2.00 bits per heavy atom. The fourth-order valence-corrected chi connectivity index (χ4v) is 3.55. The van der Waals surface area contributed by atoms with E-state index in [-0.39, 0.29) is 5.91 Å². The topological polar surface area (TPSA) is 37.6 Å². The molecule has 1 amide bonds. The van der Waals surface area contributed by atoms with Crippen molar-refractivity contribution in [1.82, 2.24) is 9.38 Å². The molecule has 0 aliphatic carbocycles. The first-order valence-corrected chi connectivity index (χ1v) is 8.65. The molecule has 0 fully saturated rings. The summed E-state index contributed by atoms with van der Waals surface area (Å²) in [6.07, 6.45) is 5.76. The second kappa shape index (κ2) is 6.11. The van der Waals surface area contributed by atoms with E-state index in [0.717, 1.165) is 49.3 Å². The van der Waals surface area contributed by atoms with Gasteiger partial charge in [0.05, 0.1) is 5.69 Å². The Hall–Kier alpha value is -2.62. The van der Waals surface area contributed by atoms with Crippen molar-refractivity contribution in [3.05, 3.63) is 65.6 Å². The number of imidazole rings is 1. The van der Waals surface area contributed by atoms with Crippen LogP contribution in [0.1, 0.15) is 41.5 Å². The first-order chi connectivity index (χ1) is 11.8. The SMILES string of the molecule is CCCc1nc2ccccn2c1C(=O)N1CCCc2ccccc21. The van der Waals surface area contributed by atoms with Gasteiger partial charge in [0.1, 0.15) is 11.3 Å². The Morgan fingerprint density at radius 3 is 2.88 bits per heavy atom. The number of amides is 1. The van der Waals surface area contributed by atoms with Crippen LogP contribution in [0.5, 0.6) is 0 Å². The summed E-state index contributed by atoms with van der Waals surface area (Å²) in [6.45, 7) is 2.88. The lowest BCUT2D eigenvalue weighted by atomic mass is 10.0. The highest BCUT2D eigenvalue weighted by atomic mass is 16.2. The molecule has 0 saturated heterocycles. The molecule has 0 spiro atoms. The number of nitrogens with zero attached hydrogens (tertiary/aromatic N) is 3. The van der Waals surface area contributed by atoms with Crippen molar-refractivity contribution in [3.8, 4) is 0 Å². The van der Waals surface area contributed by atoms with Gasteiger partial charge in [0.25, 0.3) is 5.91 Å². The molecule has 0 bridgehead atoms. The third-order valence-corrected chi connectivity index (χ3v) is 4.65. The van der Waals surface area contributed by atoms with Gasteiger partial charge in [-0.15, -0.1) is 0 Å². The lowest BCUT2D eigenvalue weighted by Gasteiger charge is -2.29. The van der Waals surface area contributed by atoms with Crippen molar-refractivity contribution in [2.24, 2.45) is 0 Å². The molecule has 2 aromatic heterocycles. The van der Waals surface area contributed by atoms with Crippen LogP contribution < -0.4 is 4.90 Å². The van der Waals surface area contributed by atoms with Crippen molar-refractivity contribution in [1.29, 1.82) is 0 Å². The van der Waals surface area contributed by atoms with E-state index in [9.17, 15) is 4.79 Å². The van der Waals surface area contributed by atoms with Gasteiger partial charge in [-0.3, -0.25) is 9.20 Å². The van der Waals surface area contributed by atoms with E-state index < -0.39 is 0 Å². The van der Waals surface area contributed by atoms with Crippen molar-refractivity contribution < 1.29 is 4.79 Å². The maximum Gasteiger partial charge on any atom is 0.277 e. The lowest BCUT2D eigenvalue weighted by Crippen LogP contribution is -2.36. The molecular formula is C20H21N3O. The predicted molar refractivity (Wildman–Crippen MR) is 95.6 cm³/mol.